The average molecular weight is 346 g/mol. The number of ether oxygens (including phenoxy) is 2. The molecule has 0 atom stereocenters. The second-order valence-electron chi connectivity index (χ2n) is 7.53. The Morgan fingerprint density at radius 1 is 0.960 bits per heavy atom. The van der Waals surface area contributed by atoms with Crippen molar-refractivity contribution in [2.24, 2.45) is 0 Å². The molecule has 1 N–H and O–H groups in total. The van der Waals surface area contributed by atoms with Crippen molar-refractivity contribution in [3.05, 3.63) is 35.4 Å². The van der Waals surface area contributed by atoms with Gasteiger partial charge in [-0.15, -0.1) is 5.01 Å². The summed E-state index contributed by atoms with van der Waals surface area (Å²) in [5.74, 6) is 2.81. The first-order chi connectivity index (χ1) is 11.4. The number of aryl methyl sites for hydroxylation is 1. The highest BCUT2D eigenvalue weighted by atomic mass is 16.6. The number of hydrazine groups is 1. The highest BCUT2D eigenvalue weighted by molar-refractivity contribution is 5.76. The van der Waals surface area contributed by atoms with E-state index in [0.717, 1.165) is 10.6 Å². The monoisotopic (exact) mass is 346 g/mol. The Bertz CT molecular complexity index is 671. The second-order valence-corrected chi connectivity index (χ2v) is 7.53. The molecule has 2 amide bonds. The molecule has 0 aliphatic heterocycles. The number of carbonyl (C=O) groups excluding carboxylic acids is 2. The Morgan fingerprint density at radius 3 is 1.96 bits per heavy atom. The zero-order chi connectivity index (χ0) is 19.3. The van der Waals surface area contributed by atoms with Crippen LogP contribution in [0, 0.1) is 18.9 Å². The maximum Gasteiger partial charge on any atom is 0.441 e. The van der Waals surface area contributed by atoms with Gasteiger partial charge < -0.3 is 9.47 Å². The largest absolute Gasteiger partial charge is 0.443 e. The number of nitrogens with one attached hydrogen (secondary N) is 1. The minimum atomic E-state index is -0.795. The van der Waals surface area contributed by atoms with E-state index in [9.17, 15) is 9.59 Å². The van der Waals surface area contributed by atoms with E-state index in [1.165, 1.54) is 0 Å². The van der Waals surface area contributed by atoms with Gasteiger partial charge in [-0.05, 0) is 66.5 Å². The molecule has 0 bridgehead atoms. The summed E-state index contributed by atoms with van der Waals surface area (Å²) in [6.45, 7) is 12.3. The predicted octanol–water partition coefficient (Wildman–Crippen LogP) is 3.98. The number of benzene rings is 1. The van der Waals surface area contributed by atoms with E-state index in [-0.39, 0.29) is 0 Å². The summed E-state index contributed by atoms with van der Waals surface area (Å²) in [4.78, 5) is 24.2. The van der Waals surface area contributed by atoms with Crippen LogP contribution in [0.5, 0.6) is 0 Å². The number of carbonyl (C=O) groups is 2. The van der Waals surface area contributed by atoms with E-state index >= 15 is 0 Å². The van der Waals surface area contributed by atoms with Crippen LogP contribution in [-0.2, 0) is 9.47 Å². The number of rotatable bonds is 0. The third-order valence-corrected chi connectivity index (χ3v) is 2.54. The summed E-state index contributed by atoms with van der Waals surface area (Å²) in [7, 11) is 0. The van der Waals surface area contributed by atoms with Gasteiger partial charge in [-0.1, -0.05) is 17.7 Å². The molecule has 6 heteroatoms. The molecule has 0 aliphatic rings. The number of nitrogens with zero attached hydrogens (tertiary/aromatic N) is 1. The lowest BCUT2D eigenvalue weighted by atomic mass is 10.2. The second kappa shape index (κ2) is 7.93. The van der Waals surface area contributed by atoms with Gasteiger partial charge in [0.1, 0.15) is 11.2 Å². The Labute approximate surface area is 149 Å². The van der Waals surface area contributed by atoms with Crippen LogP contribution in [0.4, 0.5) is 9.59 Å². The van der Waals surface area contributed by atoms with Crippen LogP contribution >= 0.6 is 0 Å². The summed E-state index contributed by atoms with van der Waals surface area (Å²) in [6, 6.07) is 10.0. The van der Waals surface area contributed by atoms with Gasteiger partial charge in [0.2, 0.25) is 0 Å². The highest BCUT2D eigenvalue weighted by Gasteiger charge is 2.25. The zero-order valence-corrected chi connectivity index (χ0v) is 15.9. The molecular formula is C19H26N2O4. The van der Waals surface area contributed by atoms with Crippen molar-refractivity contribution in [3.63, 3.8) is 0 Å². The van der Waals surface area contributed by atoms with Gasteiger partial charge in [-0.3, -0.25) is 0 Å². The normalized spacial score (nSPS) is 11.0. The summed E-state index contributed by atoms with van der Waals surface area (Å²) < 4.78 is 10.4. The molecule has 1 aromatic rings. The Hall–Kier alpha value is -2.68. The van der Waals surface area contributed by atoms with Crippen LogP contribution in [0.25, 0.3) is 0 Å². The van der Waals surface area contributed by atoms with Crippen LogP contribution in [0.2, 0.25) is 0 Å². The summed E-state index contributed by atoms with van der Waals surface area (Å²) in [5.41, 5.74) is 2.67. The first kappa shape index (κ1) is 20.4. The van der Waals surface area contributed by atoms with Crippen molar-refractivity contribution in [1.82, 2.24) is 10.4 Å². The third-order valence-electron chi connectivity index (χ3n) is 2.54. The molecule has 0 heterocycles. The molecule has 0 aromatic heterocycles. The molecule has 1 aromatic carbocycles. The smallest absolute Gasteiger partial charge is 0.441 e. The molecule has 0 aliphatic carbocycles. The fourth-order valence-electron chi connectivity index (χ4n) is 1.58. The fraction of sp³-hybridized carbons (Fsp3) is 0.474. The lowest BCUT2D eigenvalue weighted by molar-refractivity contribution is 0.0142. The molecule has 0 radical (unpaired) electrons. The Morgan fingerprint density at radius 2 is 1.48 bits per heavy atom. The molecule has 0 fully saturated rings. The van der Waals surface area contributed by atoms with Gasteiger partial charge in [0.05, 0.1) is 0 Å². The topological polar surface area (TPSA) is 67.9 Å². The van der Waals surface area contributed by atoms with Crippen LogP contribution in [0.15, 0.2) is 24.3 Å². The Kier molecular flexibility index (Phi) is 6.46. The molecule has 25 heavy (non-hydrogen) atoms. The van der Waals surface area contributed by atoms with Crippen LogP contribution in [0.1, 0.15) is 52.7 Å². The average Bonchev–Trinajstić information content (AvgIpc) is 2.41. The first-order valence-electron chi connectivity index (χ1n) is 7.97. The molecule has 1 rings (SSSR count). The lowest BCUT2D eigenvalue weighted by Gasteiger charge is -2.25. The van der Waals surface area contributed by atoms with Crippen molar-refractivity contribution < 1.29 is 19.1 Å². The van der Waals surface area contributed by atoms with E-state index in [2.05, 4.69) is 17.4 Å². The SMILES string of the molecule is Cc1ccc(C#CN(NC(=O)OC(C)(C)C)C(=O)OC(C)(C)C)cc1. The van der Waals surface area contributed by atoms with E-state index in [1.54, 1.807) is 41.5 Å². The van der Waals surface area contributed by atoms with Crippen LogP contribution in [-0.4, -0.2) is 28.4 Å². The highest BCUT2D eigenvalue weighted by Crippen LogP contribution is 2.10. The van der Waals surface area contributed by atoms with Crippen molar-refractivity contribution in [2.75, 3.05) is 0 Å². The molecular weight excluding hydrogens is 320 g/mol. The van der Waals surface area contributed by atoms with Gasteiger partial charge in [-0.2, -0.15) is 0 Å². The third kappa shape index (κ3) is 8.66. The maximum absolute atomic E-state index is 12.3. The molecule has 136 valence electrons. The Balaban J connectivity index is 2.97. The van der Waals surface area contributed by atoms with Gasteiger partial charge in [0.25, 0.3) is 0 Å². The number of hydrogen-bond acceptors (Lipinski definition) is 4. The van der Waals surface area contributed by atoms with E-state index in [1.807, 2.05) is 31.2 Å². The van der Waals surface area contributed by atoms with Crippen molar-refractivity contribution in [2.45, 2.75) is 59.7 Å². The number of hydrogen-bond donors (Lipinski definition) is 1. The van der Waals surface area contributed by atoms with Crippen molar-refractivity contribution in [3.8, 4) is 12.0 Å². The standard InChI is InChI=1S/C19H26N2O4/c1-14-8-10-15(11-9-14)12-13-21(17(23)25-19(5,6)7)20-16(22)24-18(2,3)4/h8-11H,1-7H3,(H,20,22). The van der Waals surface area contributed by atoms with Gasteiger partial charge in [-0.25, -0.2) is 15.0 Å². The van der Waals surface area contributed by atoms with Crippen molar-refractivity contribution >= 4 is 12.2 Å². The predicted molar refractivity (Wildman–Crippen MR) is 95.5 cm³/mol. The molecule has 6 nitrogen and oxygen atoms in total. The minimum Gasteiger partial charge on any atom is -0.443 e. The quantitative estimate of drug-likeness (QED) is 0.438. The van der Waals surface area contributed by atoms with Crippen molar-refractivity contribution in [1.29, 1.82) is 0 Å². The molecule has 0 spiro atoms. The zero-order valence-electron chi connectivity index (χ0n) is 15.9. The van der Waals surface area contributed by atoms with Gasteiger partial charge in [0.15, 0.2) is 0 Å². The van der Waals surface area contributed by atoms with Gasteiger partial charge in [0, 0.05) is 11.6 Å². The number of amides is 2. The van der Waals surface area contributed by atoms with E-state index in [0.29, 0.717) is 5.56 Å². The summed E-state index contributed by atoms with van der Waals surface area (Å²) in [5, 5.41) is 0.791. The molecule has 0 saturated carbocycles. The lowest BCUT2D eigenvalue weighted by Crippen LogP contribution is -2.47. The molecule has 0 unspecified atom stereocenters. The summed E-state index contributed by atoms with van der Waals surface area (Å²) >= 11 is 0. The van der Waals surface area contributed by atoms with E-state index < -0.39 is 23.4 Å². The van der Waals surface area contributed by atoms with Gasteiger partial charge >= 0.3 is 12.2 Å². The van der Waals surface area contributed by atoms with E-state index in [4.69, 9.17) is 9.47 Å². The van der Waals surface area contributed by atoms with Crippen LogP contribution in [0.3, 0.4) is 0 Å². The maximum atomic E-state index is 12.3. The molecule has 0 saturated heterocycles. The summed E-state index contributed by atoms with van der Waals surface area (Å²) in [6.07, 6.45) is -1.59. The minimum absolute atomic E-state index is 0.699. The van der Waals surface area contributed by atoms with Crippen LogP contribution < -0.4 is 5.43 Å². The first-order valence-corrected chi connectivity index (χ1v) is 7.97. The fourth-order valence-corrected chi connectivity index (χ4v) is 1.58.